The molecule has 1 heterocycles. The monoisotopic (exact) mass is 240 g/mol. The van der Waals surface area contributed by atoms with Crippen LogP contribution in [0, 0.1) is 0 Å². The molecule has 1 atom stereocenters. The number of piperazine rings is 1. The number of fused-ring (bicyclic) bond motifs is 1. The highest BCUT2D eigenvalue weighted by atomic mass is 15.2. The van der Waals surface area contributed by atoms with Gasteiger partial charge in [0.1, 0.15) is 0 Å². The third-order valence-corrected chi connectivity index (χ3v) is 3.73. The van der Waals surface area contributed by atoms with Gasteiger partial charge >= 0.3 is 0 Å². The van der Waals surface area contributed by atoms with Crippen molar-refractivity contribution in [3.63, 3.8) is 0 Å². The Morgan fingerprint density at radius 3 is 2.89 bits per heavy atom. The van der Waals surface area contributed by atoms with E-state index in [1.54, 1.807) is 0 Å². The van der Waals surface area contributed by atoms with Crippen LogP contribution < -0.4 is 5.32 Å². The molecule has 2 aromatic rings. The number of benzene rings is 2. The van der Waals surface area contributed by atoms with Gasteiger partial charge in [0.15, 0.2) is 0 Å². The number of hydrogen-bond acceptors (Lipinski definition) is 2. The highest BCUT2D eigenvalue weighted by Gasteiger charge is 2.16. The molecule has 0 spiro atoms. The summed E-state index contributed by atoms with van der Waals surface area (Å²) in [6.45, 7) is 6.71. The number of nitrogens with zero attached hydrogens (tertiary/aromatic N) is 1. The molecular weight excluding hydrogens is 220 g/mol. The van der Waals surface area contributed by atoms with Crippen molar-refractivity contribution in [3.05, 3.63) is 48.0 Å². The lowest BCUT2D eigenvalue weighted by atomic mass is 10.0. The minimum absolute atomic E-state index is 0.605. The summed E-state index contributed by atoms with van der Waals surface area (Å²) in [6, 6.07) is 15.9. The van der Waals surface area contributed by atoms with Crippen molar-refractivity contribution in [3.8, 4) is 0 Å². The van der Waals surface area contributed by atoms with Gasteiger partial charge in [-0.3, -0.25) is 4.90 Å². The second-order valence-electron chi connectivity index (χ2n) is 5.23. The second-order valence-corrected chi connectivity index (χ2v) is 5.23. The number of hydrogen-bond donors (Lipinski definition) is 1. The van der Waals surface area contributed by atoms with Crippen LogP contribution in [0.5, 0.6) is 0 Å². The van der Waals surface area contributed by atoms with Gasteiger partial charge in [-0.2, -0.15) is 0 Å². The molecule has 2 heteroatoms. The van der Waals surface area contributed by atoms with Gasteiger partial charge in [0.2, 0.25) is 0 Å². The van der Waals surface area contributed by atoms with Crippen LogP contribution in [0.15, 0.2) is 42.5 Å². The first-order valence-electron chi connectivity index (χ1n) is 6.75. The summed E-state index contributed by atoms with van der Waals surface area (Å²) in [5, 5.41) is 6.23. The van der Waals surface area contributed by atoms with E-state index in [1.807, 2.05) is 0 Å². The van der Waals surface area contributed by atoms with Crippen LogP contribution in [0.2, 0.25) is 0 Å². The maximum absolute atomic E-state index is 3.49. The first-order chi connectivity index (χ1) is 8.83. The Morgan fingerprint density at radius 2 is 2.00 bits per heavy atom. The molecule has 0 saturated carbocycles. The molecule has 3 rings (SSSR count). The molecule has 0 unspecified atom stereocenters. The van der Waals surface area contributed by atoms with Gasteiger partial charge in [0, 0.05) is 32.2 Å². The number of nitrogens with one attached hydrogen (secondary N) is 1. The topological polar surface area (TPSA) is 15.3 Å². The zero-order valence-electron chi connectivity index (χ0n) is 10.9. The molecule has 2 aromatic carbocycles. The fraction of sp³-hybridized carbons (Fsp3) is 0.375. The van der Waals surface area contributed by atoms with Crippen molar-refractivity contribution in [2.45, 2.75) is 19.5 Å². The maximum Gasteiger partial charge on any atom is 0.0241 e. The maximum atomic E-state index is 3.49. The van der Waals surface area contributed by atoms with Crippen molar-refractivity contribution in [1.82, 2.24) is 10.2 Å². The van der Waals surface area contributed by atoms with Crippen LogP contribution >= 0.6 is 0 Å². The first-order valence-corrected chi connectivity index (χ1v) is 6.75. The van der Waals surface area contributed by atoms with E-state index in [2.05, 4.69) is 59.6 Å². The van der Waals surface area contributed by atoms with E-state index in [4.69, 9.17) is 0 Å². The van der Waals surface area contributed by atoms with Gasteiger partial charge < -0.3 is 5.32 Å². The normalized spacial score (nSPS) is 21.3. The molecule has 2 nitrogen and oxygen atoms in total. The van der Waals surface area contributed by atoms with E-state index in [-0.39, 0.29) is 0 Å². The molecule has 1 fully saturated rings. The zero-order chi connectivity index (χ0) is 12.4. The third kappa shape index (κ3) is 2.40. The van der Waals surface area contributed by atoms with Crippen molar-refractivity contribution >= 4 is 10.8 Å². The molecule has 0 bridgehead atoms. The fourth-order valence-electron chi connectivity index (χ4n) is 2.83. The summed E-state index contributed by atoms with van der Waals surface area (Å²) in [5.74, 6) is 0. The molecule has 0 radical (unpaired) electrons. The Hall–Kier alpha value is -1.38. The van der Waals surface area contributed by atoms with Gasteiger partial charge in [0.25, 0.3) is 0 Å². The molecule has 94 valence electrons. The van der Waals surface area contributed by atoms with E-state index >= 15 is 0 Å². The minimum Gasteiger partial charge on any atom is -0.312 e. The summed E-state index contributed by atoms with van der Waals surface area (Å²) < 4.78 is 0. The summed E-state index contributed by atoms with van der Waals surface area (Å²) in [6.07, 6.45) is 0. The van der Waals surface area contributed by atoms with Crippen LogP contribution in [-0.4, -0.2) is 30.6 Å². The van der Waals surface area contributed by atoms with Crippen LogP contribution in [0.25, 0.3) is 10.8 Å². The van der Waals surface area contributed by atoms with Gasteiger partial charge in [-0.05, 0) is 23.3 Å². The van der Waals surface area contributed by atoms with E-state index in [9.17, 15) is 0 Å². The second kappa shape index (κ2) is 5.09. The Kier molecular flexibility index (Phi) is 3.31. The Labute approximate surface area is 109 Å². The molecule has 0 amide bonds. The summed E-state index contributed by atoms with van der Waals surface area (Å²) in [5.41, 5.74) is 1.45. The summed E-state index contributed by atoms with van der Waals surface area (Å²) in [4.78, 5) is 2.54. The highest BCUT2D eigenvalue weighted by molar-refractivity contribution is 5.85. The van der Waals surface area contributed by atoms with Crippen LogP contribution in [0.1, 0.15) is 12.5 Å². The standard InChI is InChI=1S/C16H20N2/c1-13-11-18(10-9-17-13)12-15-7-4-6-14-5-2-3-8-16(14)15/h2-8,13,17H,9-12H2,1H3/t13-/m1/s1. The quantitative estimate of drug-likeness (QED) is 0.868. The predicted octanol–water partition coefficient (Wildman–Crippen LogP) is 2.63. The van der Waals surface area contributed by atoms with E-state index in [0.717, 1.165) is 26.2 Å². The molecule has 18 heavy (non-hydrogen) atoms. The average Bonchev–Trinajstić information content (AvgIpc) is 2.39. The van der Waals surface area contributed by atoms with Crippen LogP contribution in [0.3, 0.4) is 0 Å². The lowest BCUT2D eigenvalue weighted by Crippen LogP contribution is -2.48. The first kappa shape index (κ1) is 11.7. The largest absolute Gasteiger partial charge is 0.312 e. The Morgan fingerprint density at radius 1 is 1.17 bits per heavy atom. The zero-order valence-corrected chi connectivity index (χ0v) is 10.9. The lowest BCUT2D eigenvalue weighted by molar-refractivity contribution is 0.200. The van der Waals surface area contributed by atoms with Gasteiger partial charge in [-0.1, -0.05) is 42.5 Å². The van der Waals surface area contributed by atoms with E-state index in [1.165, 1.54) is 16.3 Å². The van der Waals surface area contributed by atoms with Crippen molar-refractivity contribution in [2.24, 2.45) is 0 Å². The molecule has 1 aliphatic rings. The lowest BCUT2D eigenvalue weighted by Gasteiger charge is -2.32. The van der Waals surface area contributed by atoms with E-state index in [0.29, 0.717) is 6.04 Å². The summed E-state index contributed by atoms with van der Waals surface area (Å²) >= 11 is 0. The molecule has 1 saturated heterocycles. The summed E-state index contributed by atoms with van der Waals surface area (Å²) in [7, 11) is 0. The molecular formula is C16H20N2. The minimum atomic E-state index is 0.605. The fourth-order valence-corrected chi connectivity index (χ4v) is 2.83. The van der Waals surface area contributed by atoms with Gasteiger partial charge in [-0.25, -0.2) is 0 Å². The molecule has 0 aliphatic carbocycles. The van der Waals surface area contributed by atoms with Crippen molar-refractivity contribution in [2.75, 3.05) is 19.6 Å². The van der Waals surface area contributed by atoms with Crippen LogP contribution in [-0.2, 0) is 6.54 Å². The molecule has 0 aromatic heterocycles. The Bertz CT molecular complexity index is 530. The Balaban J connectivity index is 1.86. The van der Waals surface area contributed by atoms with Gasteiger partial charge in [0.05, 0.1) is 0 Å². The smallest absolute Gasteiger partial charge is 0.0241 e. The van der Waals surface area contributed by atoms with Crippen LogP contribution in [0.4, 0.5) is 0 Å². The third-order valence-electron chi connectivity index (χ3n) is 3.73. The van der Waals surface area contributed by atoms with Crippen molar-refractivity contribution in [1.29, 1.82) is 0 Å². The molecule has 1 aliphatic heterocycles. The highest BCUT2D eigenvalue weighted by Crippen LogP contribution is 2.20. The van der Waals surface area contributed by atoms with E-state index < -0.39 is 0 Å². The van der Waals surface area contributed by atoms with Gasteiger partial charge in [-0.15, -0.1) is 0 Å². The molecule has 1 N–H and O–H groups in total. The van der Waals surface area contributed by atoms with Crippen molar-refractivity contribution < 1.29 is 0 Å². The predicted molar refractivity (Wildman–Crippen MR) is 76.7 cm³/mol. The average molecular weight is 240 g/mol. The number of rotatable bonds is 2. The SMILES string of the molecule is C[C@@H]1CN(Cc2cccc3ccccc23)CCN1.